The Balaban J connectivity index is 2.46. The zero-order valence-corrected chi connectivity index (χ0v) is 13.1. The van der Waals surface area contributed by atoms with E-state index in [1.807, 2.05) is 0 Å². The Bertz CT molecular complexity index is 324. The summed E-state index contributed by atoms with van der Waals surface area (Å²) in [6, 6.07) is -0.125. The van der Waals surface area contributed by atoms with Crippen molar-refractivity contribution in [3.8, 4) is 0 Å². The lowest BCUT2D eigenvalue weighted by molar-refractivity contribution is 0.382. The number of hydrogen-bond donors (Lipinski definition) is 1. The first kappa shape index (κ1) is 16.3. The lowest BCUT2D eigenvalue weighted by atomic mass is 9.91. The van der Waals surface area contributed by atoms with Crippen LogP contribution in [0.15, 0.2) is 0 Å². The third-order valence-corrected chi connectivity index (χ3v) is 5.44. The van der Waals surface area contributed by atoms with Crippen LogP contribution < -0.4 is 4.72 Å². The average molecular weight is 296 g/mol. The Kier molecular flexibility index (Phi) is 6.96. The van der Waals surface area contributed by atoms with Gasteiger partial charge in [-0.05, 0) is 31.1 Å². The first-order valence-electron chi connectivity index (χ1n) is 6.99. The lowest BCUT2D eigenvalue weighted by Crippen LogP contribution is -2.40. The molecule has 0 bridgehead atoms. The van der Waals surface area contributed by atoms with Crippen molar-refractivity contribution in [2.75, 3.05) is 11.6 Å². The standard InChI is InChI=1S/C13H26ClNO2S/c1-11(2)8-13(9-14)15-18(16,17)10-12-6-4-3-5-7-12/h11-13,15H,3-10H2,1-2H3. The van der Waals surface area contributed by atoms with Crippen molar-refractivity contribution < 1.29 is 8.42 Å². The fourth-order valence-corrected chi connectivity index (χ4v) is 4.71. The van der Waals surface area contributed by atoms with Gasteiger partial charge in [-0.25, -0.2) is 13.1 Å². The monoisotopic (exact) mass is 295 g/mol. The molecule has 18 heavy (non-hydrogen) atoms. The average Bonchev–Trinajstić information content (AvgIpc) is 2.27. The van der Waals surface area contributed by atoms with E-state index >= 15 is 0 Å². The molecule has 0 radical (unpaired) electrons. The summed E-state index contributed by atoms with van der Waals surface area (Å²) in [7, 11) is -3.17. The Morgan fingerprint density at radius 3 is 2.33 bits per heavy atom. The molecule has 0 amide bonds. The predicted octanol–water partition coefficient (Wildman–Crippen LogP) is 3.14. The highest BCUT2D eigenvalue weighted by Gasteiger charge is 2.24. The Morgan fingerprint density at radius 1 is 1.22 bits per heavy atom. The summed E-state index contributed by atoms with van der Waals surface area (Å²) in [5.74, 6) is 1.41. The second kappa shape index (κ2) is 7.71. The predicted molar refractivity (Wildman–Crippen MR) is 77.5 cm³/mol. The summed E-state index contributed by atoms with van der Waals surface area (Å²) >= 11 is 5.83. The van der Waals surface area contributed by atoms with Crippen LogP contribution in [0.4, 0.5) is 0 Å². The molecule has 0 spiro atoms. The van der Waals surface area contributed by atoms with E-state index in [1.54, 1.807) is 0 Å². The van der Waals surface area contributed by atoms with Crippen molar-refractivity contribution in [1.82, 2.24) is 4.72 Å². The summed E-state index contributed by atoms with van der Waals surface area (Å²) in [4.78, 5) is 0. The first-order valence-corrected chi connectivity index (χ1v) is 9.17. The minimum absolute atomic E-state index is 0.125. The maximum Gasteiger partial charge on any atom is 0.212 e. The molecule has 1 unspecified atom stereocenters. The lowest BCUT2D eigenvalue weighted by Gasteiger charge is -2.23. The van der Waals surface area contributed by atoms with E-state index in [-0.39, 0.29) is 11.8 Å². The highest BCUT2D eigenvalue weighted by molar-refractivity contribution is 7.89. The van der Waals surface area contributed by atoms with Crippen LogP contribution >= 0.6 is 11.6 Å². The van der Waals surface area contributed by atoms with Crippen LogP contribution in [0.3, 0.4) is 0 Å². The topological polar surface area (TPSA) is 46.2 Å². The van der Waals surface area contributed by atoms with Gasteiger partial charge in [0.05, 0.1) is 5.75 Å². The van der Waals surface area contributed by atoms with Crippen LogP contribution in [0.5, 0.6) is 0 Å². The third kappa shape index (κ3) is 6.39. The minimum atomic E-state index is -3.17. The summed E-state index contributed by atoms with van der Waals surface area (Å²) in [6.45, 7) is 4.16. The van der Waals surface area contributed by atoms with Crippen molar-refractivity contribution in [1.29, 1.82) is 0 Å². The second-order valence-corrected chi connectivity index (χ2v) is 7.99. The summed E-state index contributed by atoms with van der Waals surface area (Å²) in [5, 5.41) is 0. The molecule has 1 aliphatic rings. The number of rotatable bonds is 7. The summed E-state index contributed by atoms with van der Waals surface area (Å²) in [6.07, 6.45) is 6.50. The molecule has 1 N–H and O–H groups in total. The molecule has 1 aliphatic carbocycles. The normalized spacial score (nSPS) is 20.2. The van der Waals surface area contributed by atoms with Crippen molar-refractivity contribution >= 4 is 21.6 Å². The SMILES string of the molecule is CC(C)CC(CCl)NS(=O)(=O)CC1CCCCC1. The van der Waals surface area contributed by atoms with Gasteiger partial charge in [0.1, 0.15) is 0 Å². The van der Waals surface area contributed by atoms with Gasteiger partial charge in [-0.3, -0.25) is 0 Å². The molecule has 1 fully saturated rings. The molecule has 0 aliphatic heterocycles. The molecular formula is C13H26ClNO2S. The first-order chi connectivity index (χ1) is 8.43. The molecule has 1 atom stereocenters. The molecule has 0 heterocycles. The van der Waals surface area contributed by atoms with Gasteiger partial charge in [0.2, 0.25) is 10.0 Å². The highest BCUT2D eigenvalue weighted by Crippen LogP contribution is 2.24. The van der Waals surface area contributed by atoms with Gasteiger partial charge in [-0.2, -0.15) is 0 Å². The van der Waals surface area contributed by atoms with E-state index in [0.29, 0.717) is 17.7 Å². The molecule has 3 nitrogen and oxygen atoms in total. The fraction of sp³-hybridized carbons (Fsp3) is 1.00. The van der Waals surface area contributed by atoms with Gasteiger partial charge >= 0.3 is 0 Å². The van der Waals surface area contributed by atoms with Crippen LogP contribution in [0.2, 0.25) is 0 Å². The van der Waals surface area contributed by atoms with E-state index in [9.17, 15) is 8.42 Å². The van der Waals surface area contributed by atoms with Crippen molar-refractivity contribution in [2.24, 2.45) is 11.8 Å². The highest BCUT2D eigenvalue weighted by atomic mass is 35.5. The number of nitrogens with one attached hydrogen (secondary N) is 1. The van der Waals surface area contributed by atoms with Gasteiger partial charge in [-0.1, -0.05) is 33.1 Å². The zero-order chi connectivity index (χ0) is 13.6. The van der Waals surface area contributed by atoms with Crippen molar-refractivity contribution in [3.63, 3.8) is 0 Å². The van der Waals surface area contributed by atoms with Crippen LogP contribution in [0.1, 0.15) is 52.4 Å². The van der Waals surface area contributed by atoms with Crippen molar-refractivity contribution in [3.05, 3.63) is 0 Å². The minimum Gasteiger partial charge on any atom is -0.212 e. The van der Waals surface area contributed by atoms with Crippen LogP contribution in [-0.2, 0) is 10.0 Å². The number of hydrogen-bond acceptors (Lipinski definition) is 2. The number of sulfonamides is 1. The van der Waals surface area contributed by atoms with E-state index in [1.165, 1.54) is 19.3 Å². The molecule has 0 saturated heterocycles. The van der Waals surface area contributed by atoms with Gasteiger partial charge < -0.3 is 0 Å². The zero-order valence-electron chi connectivity index (χ0n) is 11.5. The van der Waals surface area contributed by atoms with Crippen LogP contribution in [0, 0.1) is 11.8 Å². The maximum absolute atomic E-state index is 12.1. The van der Waals surface area contributed by atoms with Gasteiger partial charge in [0, 0.05) is 11.9 Å². The number of alkyl halides is 1. The van der Waals surface area contributed by atoms with Crippen LogP contribution in [-0.4, -0.2) is 26.1 Å². The van der Waals surface area contributed by atoms with E-state index in [0.717, 1.165) is 19.3 Å². The van der Waals surface area contributed by atoms with Crippen LogP contribution in [0.25, 0.3) is 0 Å². The molecule has 5 heteroatoms. The van der Waals surface area contributed by atoms with Crippen molar-refractivity contribution in [2.45, 2.75) is 58.4 Å². The van der Waals surface area contributed by atoms with Gasteiger partial charge in [0.25, 0.3) is 0 Å². The third-order valence-electron chi connectivity index (χ3n) is 3.47. The Hall–Kier alpha value is 0.200. The molecule has 0 aromatic heterocycles. The van der Waals surface area contributed by atoms with Gasteiger partial charge in [0.15, 0.2) is 0 Å². The molecular weight excluding hydrogens is 270 g/mol. The largest absolute Gasteiger partial charge is 0.212 e. The molecule has 1 rings (SSSR count). The molecule has 1 saturated carbocycles. The van der Waals surface area contributed by atoms with E-state index in [2.05, 4.69) is 18.6 Å². The summed E-state index contributed by atoms with van der Waals surface area (Å²) < 4.78 is 26.9. The summed E-state index contributed by atoms with van der Waals surface area (Å²) in [5.41, 5.74) is 0. The smallest absolute Gasteiger partial charge is 0.212 e. The number of halogens is 1. The van der Waals surface area contributed by atoms with E-state index < -0.39 is 10.0 Å². The second-order valence-electron chi connectivity index (χ2n) is 5.88. The van der Waals surface area contributed by atoms with E-state index in [4.69, 9.17) is 11.6 Å². The maximum atomic E-state index is 12.1. The Morgan fingerprint density at radius 2 is 1.83 bits per heavy atom. The quantitative estimate of drug-likeness (QED) is 0.734. The van der Waals surface area contributed by atoms with Gasteiger partial charge in [-0.15, -0.1) is 11.6 Å². The molecule has 108 valence electrons. The Labute approximate surface area is 117 Å². The fourth-order valence-electron chi connectivity index (χ4n) is 2.68. The molecule has 0 aromatic carbocycles. The molecule has 0 aromatic rings.